The highest BCUT2D eigenvalue weighted by molar-refractivity contribution is 6.31. The highest BCUT2D eigenvalue weighted by Gasteiger charge is 2.33. The second kappa shape index (κ2) is 6.33. The Bertz CT molecular complexity index is 950. The van der Waals surface area contributed by atoms with Crippen LogP contribution in [0, 0.1) is 0 Å². The van der Waals surface area contributed by atoms with Gasteiger partial charge < -0.3 is 10.4 Å². The van der Waals surface area contributed by atoms with E-state index in [0.717, 1.165) is 6.07 Å². The Labute approximate surface area is 146 Å². The summed E-state index contributed by atoms with van der Waals surface area (Å²) in [5.74, 6) is -0.182. The minimum absolute atomic E-state index is 0.112. The van der Waals surface area contributed by atoms with E-state index in [9.17, 15) is 18.3 Å². The first-order valence-electron chi connectivity index (χ1n) is 7.21. The number of hydrogen-bond acceptors (Lipinski definition) is 3. The van der Waals surface area contributed by atoms with Crippen LogP contribution >= 0.6 is 11.6 Å². The molecule has 3 aromatic rings. The van der Waals surface area contributed by atoms with Crippen molar-refractivity contribution in [1.29, 1.82) is 0 Å². The maximum absolute atomic E-state index is 12.9. The fourth-order valence-corrected chi connectivity index (χ4v) is 2.75. The first kappa shape index (κ1) is 17.2. The molecule has 0 fully saturated rings. The van der Waals surface area contributed by atoms with Gasteiger partial charge in [-0.05, 0) is 29.8 Å². The molecule has 0 amide bonds. The van der Waals surface area contributed by atoms with Gasteiger partial charge in [0.1, 0.15) is 17.1 Å². The van der Waals surface area contributed by atoms with Crippen LogP contribution in [0.25, 0.3) is 11.4 Å². The molecule has 0 aliphatic heterocycles. The lowest BCUT2D eigenvalue weighted by molar-refractivity contribution is -0.137. The van der Waals surface area contributed by atoms with Crippen molar-refractivity contribution in [3.8, 4) is 0 Å². The molecule has 25 heavy (non-hydrogen) atoms. The second-order valence-corrected chi connectivity index (χ2v) is 5.77. The average molecular weight is 368 g/mol. The van der Waals surface area contributed by atoms with Gasteiger partial charge in [0.2, 0.25) is 0 Å². The number of hydrogen-bond donors (Lipinski definition) is 2. The topological polar surface area (TPSA) is 49.6 Å². The minimum atomic E-state index is -4.52. The van der Waals surface area contributed by atoms with Crippen molar-refractivity contribution in [2.24, 2.45) is 0 Å². The zero-order valence-corrected chi connectivity index (χ0v) is 13.6. The van der Waals surface area contributed by atoms with E-state index in [1.165, 1.54) is 12.1 Å². The van der Waals surface area contributed by atoms with Crippen molar-refractivity contribution in [2.75, 3.05) is 5.32 Å². The Morgan fingerprint density at radius 1 is 1.28 bits per heavy atom. The van der Waals surface area contributed by atoms with Crippen LogP contribution in [0.15, 0.2) is 49.3 Å². The first-order valence-corrected chi connectivity index (χ1v) is 7.59. The van der Waals surface area contributed by atoms with E-state index < -0.39 is 11.7 Å². The predicted octanol–water partition coefficient (Wildman–Crippen LogP) is 5.15. The van der Waals surface area contributed by atoms with Gasteiger partial charge in [-0.1, -0.05) is 24.2 Å². The lowest BCUT2D eigenvalue weighted by Gasteiger charge is -2.15. The normalized spacial score (nSPS) is 11.7. The summed E-state index contributed by atoms with van der Waals surface area (Å²) in [5.41, 5.74) is 1.03. The van der Waals surface area contributed by atoms with Gasteiger partial charge in [0.15, 0.2) is 0 Å². The molecule has 2 N–H and O–H groups in total. The third-order valence-corrected chi connectivity index (χ3v) is 3.99. The first-order chi connectivity index (χ1) is 11.8. The lowest BCUT2D eigenvalue weighted by atomic mass is 10.1. The molecule has 2 aromatic heterocycles. The summed E-state index contributed by atoms with van der Waals surface area (Å²) in [5, 5.41) is 12.5. The SMILES string of the molecule is C=C(O)c1c(NCc2ccc(Cl)c(C(F)(F)F)c2)ccc2nccn12. The summed E-state index contributed by atoms with van der Waals surface area (Å²) in [6.45, 7) is 3.64. The summed E-state index contributed by atoms with van der Waals surface area (Å²) >= 11 is 5.62. The Hall–Kier alpha value is -2.67. The van der Waals surface area contributed by atoms with Gasteiger partial charge >= 0.3 is 6.18 Å². The number of nitrogens with one attached hydrogen (secondary N) is 1. The number of aliphatic hydroxyl groups excluding tert-OH is 1. The van der Waals surface area contributed by atoms with Crippen molar-refractivity contribution >= 4 is 28.7 Å². The third kappa shape index (κ3) is 3.41. The van der Waals surface area contributed by atoms with Gasteiger partial charge in [-0.3, -0.25) is 4.40 Å². The number of nitrogens with zero attached hydrogens (tertiary/aromatic N) is 2. The fourth-order valence-electron chi connectivity index (χ4n) is 2.53. The molecule has 0 bridgehead atoms. The molecule has 130 valence electrons. The molecule has 4 nitrogen and oxygen atoms in total. The van der Waals surface area contributed by atoms with Gasteiger partial charge in [-0.25, -0.2) is 4.98 Å². The van der Waals surface area contributed by atoms with E-state index in [1.807, 2.05) is 0 Å². The molecule has 0 saturated carbocycles. The number of halogens is 4. The number of anilines is 1. The smallest absolute Gasteiger partial charge is 0.417 e. The highest BCUT2D eigenvalue weighted by atomic mass is 35.5. The molecule has 0 unspecified atom stereocenters. The molecule has 8 heteroatoms. The monoisotopic (exact) mass is 367 g/mol. The summed E-state index contributed by atoms with van der Waals surface area (Å²) in [6.07, 6.45) is -1.30. The van der Waals surface area contributed by atoms with Crippen LogP contribution in [0.1, 0.15) is 16.8 Å². The molecular formula is C17H13ClF3N3O. The molecule has 0 radical (unpaired) electrons. The largest absolute Gasteiger partial charge is 0.506 e. The maximum atomic E-state index is 12.9. The van der Waals surface area contributed by atoms with Crippen LogP contribution in [-0.4, -0.2) is 14.5 Å². The highest BCUT2D eigenvalue weighted by Crippen LogP contribution is 2.35. The van der Waals surface area contributed by atoms with Crippen LogP contribution in [-0.2, 0) is 12.7 Å². The zero-order valence-electron chi connectivity index (χ0n) is 12.8. The maximum Gasteiger partial charge on any atom is 0.417 e. The molecular weight excluding hydrogens is 355 g/mol. The lowest BCUT2D eigenvalue weighted by Crippen LogP contribution is -2.09. The summed E-state index contributed by atoms with van der Waals surface area (Å²) in [7, 11) is 0. The number of aromatic nitrogens is 2. The van der Waals surface area contributed by atoms with E-state index >= 15 is 0 Å². The number of imidazole rings is 1. The second-order valence-electron chi connectivity index (χ2n) is 5.36. The molecule has 0 aliphatic rings. The molecule has 0 spiro atoms. The van der Waals surface area contributed by atoms with Crippen LogP contribution in [0.2, 0.25) is 5.02 Å². The van der Waals surface area contributed by atoms with Crippen molar-refractivity contribution in [1.82, 2.24) is 9.38 Å². The summed E-state index contributed by atoms with van der Waals surface area (Å²) in [6, 6.07) is 7.12. The number of fused-ring (bicyclic) bond motifs is 1. The Kier molecular flexibility index (Phi) is 4.34. The van der Waals surface area contributed by atoms with E-state index in [1.54, 1.807) is 28.9 Å². The van der Waals surface area contributed by atoms with E-state index in [-0.39, 0.29) is 17.3 Å². The van der Waals surface area contributed by atoms with Crippen LogP contribution in [0.5, 0.6) is 0 Å². The number of pyridine rings is 1. The molecule has 0 aliphatic carbocycles. The summed E-state index contributed by atoms with van der Waals surface area (Å²) in [4.78, 5) is 4.11. The Morgan fingerprint density at radius 3 is 2.72 bits per heavy atom. The van der Waals surface area contributed by atoms with Gasteiger partial charge in [0.05, 0.1) is 16.3 Å². The molecule has 0 atom stereocenters. The van der Waals surface area contributed by atoms with Gasteiger partial charge in [-0.2, -0.15) is 13.2 Å². The number of aliphatic hydroxyl groups is 1. The zero-order chi connectivity index (χ0) is 18.2. The van der Waals surface area contributed by atoms with Gasteiger partial charge in [-0.15, -0.1) is 0 Å². The quantitative estimate of drug-likeness (QED) is 0.627. The number of rotatable bonds is 4. The standard InChI is InChI=1S/C17H13ClF3N3O/c1-10(25)16-14(4-5-15-22-6-7-24(15)16)23-9-11-2-3-13(18)12(8-11)17(19,20)21/h2-8,23,25H,1,9H2. The molecule has 3 rings (SSSR count). The average Bonchev–Trinajstić information content (AvgIpc) is 3.00. The Morgan fingerprint density at radius 2 is 2.04 bits per heavy atom. The van der Waals surface area contributed by atoms with Crippen molar-refractivity contribution in [3.05, 3.63) is 71.1 Å². The van der Waals surface area contributed by atoms with E-state index in [2.05, 4.69) is 16.9 Å². The molecule has 0 saturated heterocycles. The third-order valence-electron chi connectivity index (χ3n) is 3.66. The van der Waals surface area contributed by atoms with E-state index in [0.29, 0.717) is 22.6 Å². The fraction of sp³-hybridized carbons (Fsp3) is 0.118. The van der Waals surface area contributed by atoms with Crippen molar-refractivity contribution in [3.63, 3.8) is 0 Å². The molecule has 1 aromatic carbocycles. The van der Waals surface area contributed by atoms with Crippen LogP contribution in [0.3, 0.4) is 0 Å². The molecule has 2 heterocycles. The van der Waals surface area contributed by atoms with Crippen LogP contribution < -0.4 is 5.32 Å². The van der Waals surface area contributed by atoms with Gasteiger partial charge in [0, 0.05) is 18.9 Å². The Balaban J connectivity index is 1.91. The van der Waals surface area contributed by atoms with Gasteiger partial charge in [0.25, 0.3) is 0 Å². The van der Waals surface area contributed by atoms with Crippen molar-refractivity contribution in [2.45, 2.75) is 12.7 Å². The van der Waals surface area contributed by atoms with E-state index in [4.69, 9.17) is 11.6 Å². The number of benzene rings is 1. The predicted molar refractivity (Wildman–Crippen MR) is 90.6 cm³/mol. The number of alkyl halides is 3. The van der Waals surface area contributed by atoms with Crippen LogP contribution in [0.4, 0.5) is 18.9 Å². The minimum Gasteiger partial charge on any atom is -0.506 e. The van der Waals surface area contributed by atoms with Crippen molar-refractivity contribution < 1.29 is 18.3 Å². The summed E-state index contributed by atoms with van der Waals surface area (Å²) < 4.78 is 40.5.